The van der Waals surface area contributed by atoms with E-state index in [0.29, 0.717) is 36.0 Å². The van der Waals surface area contributed by atoms with Crippen molar-refractivity contribution >= 4 is 11.4 Å². The average Bonchev–Trinajstić information content (AvgIpc) is 3.36. The molecule has 1 fully saturated rings. The van der Waals surface area contributed by atoms with Crippen LogP contribution < -0.4 is 19.5 Å². The average molecular weight is 379 g/mol. The Balaban J connectivity index is 1.71. The molecule has 7 nitrogen and oxygen atoms in total. The SMILES string of the molecule is C=C(Oc1cc(-c2ccc(OC)c(OC)c2)cn2nccc12)[C@H]1CNC(=O)C1. The maximum absolute atomic E-state index is 11.5. The number of hydrogen-bond donors (Lipinski definition) is 1. The van der Waals surface area contributed by atoms with E-state index < -0.39 is 0 Å². The highest BCUT2D eigenvalue weighted by molar-refractivity contribution is 5.79. The molecule has 2 aromatic heterocycles. The molecular formula is C21H21N3O4. The van der Waals surface area contributed by atoms with E-state index >= 15 is 0 Å². The summed E-state index contributed by atoms with van der Waals surface area (Å²) in [5, 5.41) is 7.15. The highest BCUT2D eigenvalue weighted by Crippen LogP contribution is 2.35. The van der Waals surface area contributed by atoms with E-state index in [-0.39, 0.29) is 11.8 Å². The summed E-state index contributed by atoms with van der Waals surface area (Å²) in [7, 11) is 3.21. The van der Waals surface area contributed by atoms with Crippen molar-refractivity contribution in [3.8, 4) is 28.4 Å². The fourth-order valence-corrected chi connectivity index (χ4v) is 3.31. The fraction of sp³-hybridized carbons (Fsp3) is 0.238. The molecule has 7 heteroatoms. The van der Waals surface area contributed by atoms with E-state index in [9.17, 15) is 4.79 Å². The lowest BCUT2D eigenvalue weighted by atomic mass is 10.1. The fourth-order valence-electron chi connectivity index (χ4n) is 3.31. The molecule has 3 heterocycles. The van der Waals surface area contributed by atoms with Gasteiger partial charge in [0.2, 0.25) is 5.91 Å². The van der Waals surface area contributed by atoms with Gasteiger partial charge in [-0.05, 0) is 29.8 Å². The molecule has 1 aliphatic rings. The van der Waals surface area contributed by atoms with Gasteiger partial charge in [-0.3, -0.25) is 4.79 Å². The molecule has 3 aromatic rings. The molecule has 0 saturated carbocycles. The number of fused-ring (bicyclic) bond motifs is 1. The highest BCUT2D eigenvalue weighted by Gasteiger charge is 2.26. The van der Waals surface area contributed by atoms with Gasteiger partial charge in [-0.15, -0.1) is 0 Å². The summed E-state index contributed by atoms with van der Waals surface area (Å²) in [4.78, 5) is 11.5. The third kappa shape index (κ3) is 3.26. The molecule has 1 aromatic carbocycles. The second-order valence-electron chi connectivity index (χ2n) is 6.60. The van der Waals surface area contributed by atoms with Crippen LogP contribution in [0.4, 0.5) is 0 Å². The summed E-state index contributed by atoms with van der Waals surface area (Å²) in [6, 6.07) is 9.52. The Morgan fingerprint density at radius 3 is 2.64 bits per heavy atom. The molecule has 0 aliphatic carbocycles. The van der Waals surface area contributed by atoms with Gasteiger partial charge in [-0.2, -0.15) is 5.10 Å². The van der Waals surface area contributed by atoms with Gasteiger partial charge in [0.15, 0.2) is 17.2 Å². The van der Waals surface area contributed by atoms with E-state index in [4.69, 9.17) is 14.2 Å². The minimum Gasteiger partial charge on any atom is -0.493 e. The molecule has 0 radical (unpaired) electrons. The topological polar surface area (TPSA) is 74.1 Å². The van der Waals surface area contributed by atoms with Crippen LogP contribution in [0.5, 0.6) is 17.2 Å². The second kappa shape index (κ2) is 7.26. The van der Waals surface area contributed by atoms with E-state index in [0.717, 1.165) is 16.6 Å². The Morgan fingerprint density at radius 2 is 1.93 bits per heavy atom. The van der Waals surface area contributed by atoms with E-state index in [1.165, 1.54) is 0 Å². The zero-order valence-corrected chi connectivity index (χ0v) is 15.8. The lowest BCUT2D eigenvalue weighted by molar-refractivity contribution is -0.119. The molecule has 4 rings (SSSR count). The van der Waals surface area contributed by atoms with E-state index in [1.807, 2.05) is 36.5 Å². The van der Waals surface area contributed by atoms with Crippen LogP contribution in [-0.4, -0.2) is 36.3 Å². The van der Waals surface area contributed by atoms with Crippen LogP contribution in [0.15, 0.2) is 55.1 Å². The predicted molar refractivity (Wildman–Crippen MR) is 105 cm³/mol. The van der Waals surface area contributed by atoms with Crippen LogP contribution in [0.1, 0.15) is 6.42 Å². The van der Waals surface area contributed by atoms with Crippen molar-refractivity contribution in [3.63, 3.8) is 0 Å². The molecule has 1 amide bonds. The van der Waals surface area contributed by atoms with Gasteiger partial charge in [0.25, 0.3) is 0 Å². The largest absolute Gasteiger partial charge is 0.493 e. The number of pyridine rings is 1. The molecule has 1 N–H and O–H groups in total. The number of ether oxygens (including phenoxy) is 3. The minimum absolute atomic E-state index is 0.0170. The first-order valence-corrected chi connectivity index (χ1v) is 8.92. The zero-order chi connectivity index (χ0) is 19.7. The van der Waals surface area contributed by atoms with Crippen molar-refractivity contribution in [1.29, 1.82) is 0 Å². The third-order valence-corrected chi connectivity index (χ3v) is 4.86. The van der Waals surface area contributed by atoms with Crippen LogP contribution in [0, 0.1) is 5.92 Å². The lowest BCUT2D eigenvalue weighted by Crippen LogP contribution is -2.15. The van der Waals surface area contributed by atoms with Gasteiger partial charge in [0.1, 0.15) is 11.3 Å². The van der Waals surface area contributed by atoms with Crippen LogP contribution in [0.25, 0.3) is 16.6 Å². The van der Waals surface area contributed by atoms with Crippen LogP contribution in [0.3, 0.4) is 0 Å². The molecular weight excluding hydrogens is 358 g/mol. The standard InChI is InChI=1S/C21H21N3O4/c1-13(15-10-21(25)22-11-15)28-19-9-16(12-24-17(19)6-7-23-24)14-4-5-18(26-2)20(8-14)27-3/h4-9,12,15H,1,10-11H2,2-3H3,(H,22,25)/t15-/m1/s1. The summed E-state index contributed by atoms with van der Waals surface area (Å²) < 4.78 is 18.6. The Labute approximate surface area is 162 Å². The van der Waals surface area contributed by atoms with Gasteiger partial charge in [-0.1, -0.05) is 12.6 Å². The number of benzene rings is 1. The molecule has 0 unspecified atom stereocenters. The van der Waals surface area contributed by atoms with Crippen molar-refractivity contribution in [2.24, 2.45) is 5.92 Å². The maximum atomic E-state index is 11.5. The number of nitrogens with zero attached hydrogens (tertiary/aromatic N) is 2. The Hall–Kier alpha value is -3.48. The molecule has 1 saturated heterocycles. The van der Waals surface area contributed by atoms with Gasteiger partial charge < -0.3 is 19.5 Å². The number of nitrogens with one attached hydrogen (secondary N) is 1. The number of carbonyl (C=O) groups is 1. The van der Waals surface area contributed by atoms with Crippen molar-refractivity contribution in [1.82, 2.24) is 14.9 Å². The first kappa shape index (κ1) is 17.9. The van der Waals surface area contributed by atoms with Crippen molar-refractivity contribution in [2.75, 3.05) is 20.8 Å². The second-order valence-corrected chi connectivity index (χ2v) is 6.60. The minimum atomic E-state index is -0.0415. The zero-order valence-electron chi connectivity index (χ0n) is 15.8. The Kier molecular flexibility index (Phi) is 4.65. The summed E-state index contributed by atoms with van der Waals surface area (Å²) in [6.07, 6.45) is 4.03. The van der Waals surface area contributed by atoms with Crippen LogP contribution in [-0.2, 0) is 4.79 Å². The predicted octanol–water partition coefficient (Wildman–Crippen LogP) is 3.05. The molecule has 1 aliphatic heterocycles. The molecule has 144 valence electrons. The van der Waals surface area contributed by atoms with Crippen molar-refractivity contribution in [3.05, 3.63) is 55.1 Å². The number of amides is 1. The Bertz CT molecular complexity index is 1060. The van der Waals surface area contributed by atoms with Crippen molar-refractivity contribution < 1.29 is 19.0 Å². The van der Waals surface area contributed by atoms with Gasteiger partial charge in [-0.25, -0.2) is 4.52 Å². The van der Waals surface area contributed by atoms with Gasteiger partial charge in [0, 0.05) is 30.6 Å². The number of aromatic nitrogens is 2. The van der Waals surface area contributed by atoms with Gasteiger partial charge in [0.05, 0.1) is 20.4 Å². The number of methoxy groups -OCH3 is 2. The molecule has 0 spiro atoms. The summed E-state index contributed by atoms with van der Waals surface area (Å²) in [6.45, 7) is 4.57. The third-order valence-electron chi connectivity index (χ3n) is 4.86. The van der Waals surface area contributed by atoms with E-state index in [1.54, 1.807) is 24.9 Å². The number of hydrogen-bond acceptors (Lipinski definition) is 5. The van der Waals surface area contributed by atoms with Crippen LogP contribution >= 0.6 is 0 Å². The van der Waals surface area contributed by atoms with Crippen molar-refractivity contribution in [2.45, 2.75) is 6.42 Å². The van der Waals surface area contributed by atoms with Crippen LogP contribution in [0.2, 0.25) is 0 Å². The molecule has 0 bridgehead atoms. The molecule has 28 heavy (non-hydrogen) atoms. The Morgan fingerprint density at radius 1 is 1.14 bits per heavy atom. The first-order valence-electron chi connectivity index (χ1n) is 8.92. The summed E-state index contributed by atoms with van der Waals surface area (Å²) in [5.74, 6) is 2.47. The quantitative estimate of drug-likeness (QED) is 0.667. The lowest BCUT2D eigenvalue weighted by Gasteiger charge is -2.16. The highest BCUT2D eigenvalue weighted by atomic mass is 16.5. The number of carbonyl (C=O) groups excluding carboxylic acids is 1. The normalized spacial score (nSPS) is 16.1. The summed E-state index contributed by atoms with van der Waals surface area (Å²) >= 11 is 0. The molecule has 1 atom stereocenters. The van der Waals surface area contributed by atoms with E-state index in [2.05, 4.69) is 17.0 Å². The monoisotopic (exact) mass is 379 g/mol. The van der Waals surface area contributed by atoms with Gasteiger partial charge >= 0.3 is 0 Å². The first-order chi connectivity index (χ1) is 13.6. The number of rotatable bonds is 6. The summed E-state index contributed by atoms with van der Waals surface area (Å²) in [5.41, 5.74) is 2.66. The smallest absolute Gasteiger partial charge is 0.220 e. The maximum Gasteiger partial charge on any atom is 0.220 e.